The lowest BCUT2D eigenvalue weighted by Crippen LogP contribution is -2.34. The molecule has 22 heavy (non-hydrogen) atoms. The van der Waals surface area contributed by atoms with Crippen LogP contribution >= 0.6 is 0 Å². The molecule has 0 spiro atoms. The number of carbonyl (C=O) groups is 2. The van der Waals surface area contributed by atoms with E-state index in [4.69, 9.17) is 0 Å². The smallest absolute Gasteiger partial charge is 0.190 e. The van der Waals surface area contributed by atoms with Crippen molar-refractivity contribution in [1.29, 1.82) is 0 Å². The van der Waals surface area contributed by atoms with E-state index in [1.807, 2.05) is 12.1 Å². The fraction of sp³-hybridized carbons (Fsp3) is 0.500. The molecule has 0 fully saturated rings. The Morgan fingerprint density at radius 1 is 1.14 bits per heavy atom. The highest BCUT2D eigenvalue weighted by molar-refractivity contribution is 6.27. The van der Waals surface area contributed by atoms with Crippen molar-refractivity contribution in [3.8, 4) is 0 Å². The monoisotopic (exact) mass is 296 g/mol. The van der Waals surface area contributed by atoms with E-state index in [2.05, 4.69) is 20.8 Å². The molecule has 0 saturated carbocycles. The summed E-state index contributed by atoms with van der Waals surface area (Å²) in [6.07, 6.45) is 4.01. The van der Waals surface area contributed by atoms with Crippen molar-refractivity contribution in [1.82, 2.24) is 0 Å². The van der Waals surface area contributed by atoms with Gasteiger partial charge >= 0.3 is 0 Å². The Morgan fingerprint density at radius 3 is 2.41 bits per heavy atom. The zero-order valence-corrected chi connectivity index (χ0v) is 13.7. The molecule has 2 nitrogen and oxygen atoms in total. The van der Waals surface area contributed by atoms with Crippen LogP contribution in [0, 0.1) is 17.8 Å². The molecule has 0 aromatic heterocycles. The summed E-state index contributed by atoms with van der Waals surface area (Å²) < 4.78 is 0. The van der Waals surface area contributed by atoms with Gasteiger partial charge in [0, 0.05) is 22.3 Å². The Hall–Kier alpha value is -1.70. The van der Waals surface area contributed by atoms with E-state index in [1.165, 1.54) is 0 Å². The van der Waals surface area contributed by atoms with Crippen LogP contribution in [0.1, 0.15) is 67.2 Å². The normalized spacial score (nSPS) is 25.8. The van der Waals surface area contributed by atoms with Crippen LogP contribution in [0.2, 0.25) is 0 Å². The average Bonchev–Trinajstić information content (AvgIpc) is 2.52. The van der Waals surface area contributed by atoms with E-state index < -0.39 is 0 Å². The van der Waals surface area contributed by atoms with Crippen molar-refractivity contribution in [2.45, 2.75) is 46.5 Å². The molecule has 116 valence electrons. The third-order valence-corrected chi connectivity index (χ3v) is 5.27. The largest absolute Gasteiger partial charge is 0.289 e. The average molecular weight is 296 g/mol. The SMILES string of the molecule is CCCC(C)C1CC(C)CC2=C1C(=O)c1ccccc1C2=O. The molecule has 3 atom stereocenters. The molecule has 0 saturated heterocycles. The van der Waals surface area contributed by atoms with E-state index in [9.17, 15) is 9.59 Å². The van der Waals surface area contributed by atoms with Gasteiger partial charge in [0.25, 0.3) is 0 Å². The van der Waals surface area contributed by atoms with Crippen LogP contribution in [-0.2, 0) is 0 Å². The van der Waals surface area contributed by atoms with Crippen molar-refractivity contribution in [2.75, 3.05) is 0 Å². The molecular weight excluding hydrogens is 272 g/mol. The highest BCUT2D eigenvalue weighted by Gasteiger charge is 2.40. The van der Waals surface area contributed by atoms with Gasteiger partial charge in [0.1, 0.15) is 0 Å². The number of hydrogen-bond acceptors (Lipinski definition) is 2. The molecular formula is C20H24O2. The second kappa shape index (κ2) is 5.83. The van der Waals surface area contributed by atoms with Crippen LogP contribution in [-0.4, -0.2) is 11.6 Å². The van der Waals surface area contributed by atoms with Crippen molar-refractivity contribution in [2.24, 2.45) is 17.8 Å². The standard InChI is InChI=1S/C20H24O2/c1-4-7-13(3)16-10-12(2)11-17-18(16)20(22)15-9-6-5-8-14(15)19(17)21/h5-6,8-9,12-13,16H,4,7,10-11H2,1-3H3. The van der Waals surface area contributed by atoms with Crippen molar-refractivity contribution in [3.05, 3.63) is 46.5 Å². The number of Topliss-reactive ketones (excluding diaryl/α,β-unsaturated/α-hetero) is 2. The van der Waals surface area contributed by atoms with Crippen LogP contribution in [0.15, 0.2) is 35.4 Å². The Balaban J connectivity index is 2.10. The van der Waals surface area contributed by atoms with Crippen molar-refractivity contribution < 1.29 is 9.59 Å². The van der Waals surface area contributed by atoms with Gasteiger partial charge in [0.2, 0.25) is 0 Å². The summed E-state index contributed by atoms with van der Waals surface area (Å²) >= 11 is 0. The molecule has 2 heteroatoms. The first kappa shape index (κ1) is 15.2. The van der Waals surface area contributed by atoms with Crippen LogP contribution < -0.4 is 0 Å². The molecule has 3 unspecified atom stereocenters. The van der Waals surface area contributed by atoms with Gasteiger partial charge in [0.15, 0.2) is 11.6 Å². The predicted octanol–water partition coefficient (Wildman–Crippen LogP) is 4.84. The lowest BCUT2D eigenvalue weighted by atomic mass is 9.65. The van der Waals surface area contributed by atoms with E-state index >= 15 is 0 Å². The van der Waals surface area contributed by atoms with Gasteiger partial charge in [0.05, 0.1) is 0 Å². The van der Waals surface area contributed by atoms with Gasteiger partial charge in [-0.05, 0) is 30.6 Å². The van der Waals surface area contributed by atoms with Gasteiger partial charge < -0.3 is 0 Å². The molecule has 0 bridgehead atoms. The quantitative estimate of drug-likeness (QED) is 0.799. The molecule has 0 aliphatic heterocycles. The van der Waals surface area contributed by atoms with Crippen LogP contribution in [0.4, 0.5) is 0 Å². The number of allylic oxidation sites excluding steroid dienone is 2. The fourth-order valence-electron chi connectivity index (χ4n) is 4.20. The Morgan fingerprint density at radius 2 is 1.77 bits per heavy atom. The first-order valence-corrected chi connectivity index (χ1v) is 8.46. The second-order valence-electron chi connectivity index (χ2n) is 7.01. The van der Waals surface area contributed by atoms with E-state index in [0.29, 0.717) is 23.0 Å². The number of carbonyl (C=O) groups excluding carboxylic acids is 2. The number of hydrogen-bond donors (Lipinski definition) is 0. The van der Waals surface area contributed by atoms with Gasteiger partial charge in [-0.1, -0.05) is 57.9 Å². The molecule has 0 N–H and O–H groups in total. The molecule has 0 heterocycles. The first-order chi connectivity index (χ1) is 10.5. The summed E-state index contributed by atoms with van der Waals surface area (Å²) in [5.74, 6) is 1.36. The molecule has 1 aromatic rings. The summed E-state index contributed by atoms with van der Waals surface area (Å²) in [6, 6.07) is 7.30. The second-order valence-corrected chi connectivity index (χ2v) is 7.01. The Bertz CT molecular complexity index is 653. The third kappa shape index (κ3) is 2.35. The summed E-state index contributed by atoms with van der Waals surface area (Å²) in [5.41, 5.74) is 2.84. The summed E-state index contributed by atoms with van der Waals surface area (Å²) in [5, 5.41) is 0. The van der Waals surface area contributed by atoms with Crippen LogP contribution in [0.5, 0.6) is 0 Å². The minimum Gasteiger partial charge on any atom is -0.289 e. The molecule has 0 radical (unpaired) electrons. The van der Waals surface area contributed by atoms with E-state index in [1.54, 1.807) is 12.1 Å². The molecule has 1 aromatic carbocycles. The molecule has 3 rings (SSSR count). The summed E-state index contributed by atoms with van der Waals surface area (Å²) in [4.78, 5) is 25.9. The topological polar surface area (TPSA) is 34.1 Å². The van der Waals surface area contributed by atoms with Gasteiger partial charge in [-0.25, -0.2) is 0 Å². The number of rotatable bonds is 3. The zero-order valence-electron chi connectivity index (χ0n) is 13.7. The lowest BCUT2D eigenvalue weighted by Gasteiger charge is -2.37. The maximum Gasteiger partial charge on any atom is 0.190 e. The zero-order chi connectivity index (χ0) is 15.9. The highest BCUT2D eigenvalue weighted by Crippen LogP contribution is 2.44. The number of ketones is 2. The van der Waals surface area contributed by atoms with Crippen molar-refractivity contribution in [3.63, 3.8) is 0 Å². The summed E-state index contributed by atoms with van der Waals surface area (Å²) in [6.45, 7) is 6.62. The minimum atomic E-state index is 0.0884. The van der Waals surface area contributed by atoms with Crippen molar-refractivity contribution >= 4 is 11.6 Å². The maximum atomic E-state index is 13.0. The molecule has 2 aliphatic carbocycles. The van der Waals surface area contributed by atoms with E-state index in [-0.39, 0.29) is 17.5 Å². The number of fused-ring (bicyclic) bond motifs is 1. The number of benzene rings is 1. The third-order valence-electron chi connectivity index (χ3n) is 5.27. The highest BCUT2D eigenvalue weighted by atomic mass is 16.1. The van der Waals surface area contributed by atoms with Crippen LogP contribution in [0.3, 0.4) is 0 Å². The minimum absolute atomic E-state index is 0.0884. The fourth-order valence-corrected chi connectivity index (χ4v) is 4.20. The van der Waals surface area contributed by atoms with Crippen LogP contribution in [0.25, 0.3) is 0 Å². The Labute approximate surface area is 132 Å². The van der Waals surface area contributed by atoms with E-state index in [0.717, 1.165) is 36.8 Å². The maximum absolute atomic E-state index is 13.0. The summed E-state index contributed by atoms with van der Waals surface area (Å²) in [7, 11) is 0. The molecule has 0 amide bonds. The lowest BCUT2D eigenvalue weighted by molar-refractivity contribution is 0.0937. The first-order valence-electron chi connectivity index (χ1n) is 8.46. The van der Waals surface area contributed by atoms with Gasteiger partial charge in [-0.3, -0.25) is 9.59 Å². The molecule has 2 aliphatic rings. The van der Waals surface area contributed by atoms with Gasteiger partial charge in [-0.2, -0.15) is 0 Å². The predicted molar refractivity (Wildman–Crippen MR) is 88.1 cm³/mol. The van der Waals surface area contributed by atoms with Gasteiger partial charge in [-0.15, -0.1) is 0 Å². The Kier molecular flexibility index (Phi) is 4.03.